The maximum absolute atomic E-state index is 10.9. The number of esters is 1. The average molecular weight is 231 g/mol. The summed E-state index contributed by atoms with van der Waals surface area (Å²) < 4.78 is 30.4. The van der Waals surface area contributed by atoms with Crippen molar-refractivity contribution >= 4 is 27.7 Å². The molecule has 0 heterocycles. The molecule has 0 rings (SSSR count). The van der Waals surface area contributed by atoms with E-state index >= 15 is 0 Å². The second kappa shape index (κ2) is 5.41. The van der Waals surface area contributed by atoms with Gasteiger partial charge in [-0.05, 0) is 13.8 Å². The second-order valence-electron chi connectivity index (χ2n) is 2.16. The van der Waals surface area contributed by atoms with Crippen molar-refractivity contribution in [2.45, 2.75) is 20.0 Å². The van der Waals surface area contributed by atoms with Crippen LogP contribution in [0.2, 0.25) is 0 Å². The van der Waals surface area contributed by atoms with Crippen molar-refractivity contribution in [3.8, 4) is 0 Å². The van der Waals surface area contributed by atoms with Crippen LogP contribution < -0.4 is 0 Å². The van der Waals surface area contributed by atoms with Crippen LogP contribution in [0.5, 0.6) is 0 Å². The lowest BCUT2D eigenvalue weighted by molar-refractivity contribution is -0.150. The predicted molar refractivity (Wildman–Crippen MR) is 46.8 cm³/mol. The van der Waals surface area contributed by atoms with Crippen molar-refractivity contribution in [1.82, 2.24) is 0 Å². The lowest BCUT2D eigenvalue weighted by Crippen LogP contribution is -2.26. The summed E-state index contributed by atoms with van der Waals surface area (Å²) in [5.74, 6) is -0.726. The molecule has 0 aromatic rings. The Labute approximate surface area is 82.1 Å². The van der Waals surface area contributed by atoms with Crippen LogP contribution in [-0.2, 0) is 23.8 Å². The van der Waals surface area contributed by atoms with Gasteiger partial charge in [-0.25, -0.2) is 4.79 Å². The number of halogens is 1. The van der Waals surface area contributed by atoms with E-state index in [2.05, 4.69) is 8.92 Å². The molecule has 0 N–H and O–H groups in total. The first-order chi connectivity index (χ1) is 5.93. The molecule has 0 aromatic heterocycles. The van der Waals surface area contributed by atoms with E-state index in [9.17, 15) is 13.2 Å². The smallest absolute Gasteiger partial charge is 0.336 e. The molecule has 78 valence electrons. The van der Waals surface area contributed by atoms with Gasteiger partial charge in [-0.2, -0.15) is 8.42 Å². The van der Waals surface area contributed by atoms with Crippen LogP contribution in [0, 0.1) is 0 Å². The zero-order chi connectivity index (χ0) is 10.5. The van der Waals surface area contributed by atoms with Crippen LogP contribution in [0.15, 0.2) is 0 Å². The van der Waals surface area contributed by atoms with Gasteiger partial charge in [0, 0.05) is 0 Å². The number of rotatable bonds is 5. The lowest BCUT2D eigenvalue weighted by Gasteiger charge is -2.09. The molecule has 13 heavy (non-hydrogen) atoms. The third-order valence-electron chi connectivity index (χ3n) is 1.04. The molecule has 0 amide bonds. The Kier molecular flexibility index (Phi) is 5.27. The maximum atomic E-state index is 10.9. The molecule has 0 aromatic carbocycles. The van der Waals surface area contributed by atoms with Gasteiger partial charge in [0.15, 0.2) is 6.10 Å². The van der Waals surface area contributed by atoms with Gasteiger partial charge >= 0.3 is 5.97 Å². The van der Waals surface area contributed by atoms with E-state index in [0.717, 1.165) is 0 Å². The summed E-state index contributed by atoms with van der Waals surface area (Å²) >= 11 is 5.05. The van der Waals surface area contributed by atoms with Gasteiger partial charge in [-0.1, -0.05) is 0 Å². The van der Waals surface area contributed by atoms with Crippen molar-refractivity contribution in [3.05, 3.63) is 0 Å². The largest absolute Gasteiger partial charge is 0.464 e. The number of hydrogen-bond acceptors (Lipinski definition) is 5. The van der Waals surface area contributed by atoms with Gasteiger partial charge < -0.3 is 4.74 Å². The minimum Gasteiger partial charge on any atom is -0.464 e. The minimum atomic E-state index is -3.82. The molecule has 0 saturated carbocycles. The van der Waals surface area contributed by atoms with Crippen molar-refractivity contribution in [1.29, 1.82) is 0 Å². The standard InChI is InChI=1S/C6H11ClO5S/c1-3-11-6(8)5(2)12-13(9,10)4-7/h5H,3-4H2,1-2H3/t5-/m1/s1. The van der Waals surface area contributed by atoms with E-state index in [1.54, 1.807) is 6.92 Å². The molecule has 0 unspecified atom stereocenters. The summed E-state index contributed by atoms with van der Waals surface area (Å²) in [6, 6.07) is 0. The summed E-state index contributed by atoms with van der Waals surface area (Å²) in [6.45, 7) is 3.07. The van der Waals surface area contributed by atoms with Crippen molar-refractivity contribution in [2.24, 2.45) is 0 Å². The molecule has 5 nitrogen and oxygen atoms in total. The van der Waals surface area contributed by atoms with E-state index in [-0.39, 0.29) is 6.61 Å². The third kappa shape index (κ3) is 5.07. The fraction of sp³-hybridized carbons (Fsp3) is 0.833. The first kappa shape index (κ1) is 12.7. The van der Waals surface area contributed by atoms with Crippen LogP contribution in [0.4, 0.5) is 0 Å². The summed E-state index contributed by atoms with van der Waals surface area (Å²) in [5.41, 5.74) is 0. The highest BCUT2D eigenvalue weighted by molar-refractivity contribution is 7.87. The molecule has 0 spiro atoms. The van der Waals surface area contributed by atoms with E-state index in [1.807, 2.05) is 0 Å². The summed E-state index contributed by atoms with van der Waals surface area (Å²) in [7, 11) is -3.82. The van der Waals surface area contributed by atoms with Crippen LogP contribution in [0.25, 0.3) is 0 Å². The molecule has 7 heteroatoms. The Morgan fingerprint density at radius 1 is 1.54 bits per heavy atom. The quantitative estimate of drug-likeness (QED) is 0.390. The molecule has 0 fully saturated rings. The van der Waals surface area contributed by atoms with Crippen LogP contribution in [-0.4, -0.2) is 32.3 Å². The lowest BCUT2D eigenvalue weighted by atomic mass is 10.4. The van der Waals surface area contributed by atoms with Gasteiger partial charge in [0.2, 0.25) is 0 Å². The van der Waals surface area contributed by atoms with E-state index < -0.39 is 27.4 Å². The zero-order valence-corrected chi connectivity index (χ0v) is 8.89. The fourth-order valence-corrected chi connectivity index (χ4v) is 1.27. The number of alkyl halides is 1. The van der Waals surface area contributed by atoms with Crippen molar-refractivity contribution in [2.75, 3.05) is 11.8 Å². The van der Waals surface area contributed by atoms with Crippen LogP contribution in [0.1, 0.15) is 13.8 Å². The Hall–Kier alpha value is -0.330. The van der Waals surface area contributed by atoms with Crippen LogP contribution in [0.3, 0.4) is 0 Å². The van der Waals surface area contributed by atoms with E-state index in [4.69, 9.17) is 11.6 Å². The Bertz CT molecular complexity index is 260. The minimum absolute atomic E-state index is 0.174. The Morgan fingerprint density at radius 3 is 2.46 bits per heavy atom. The van der Waals surface area contributed by atoms with Gasteiger partial charge in [0.05, 0.1) is 6.61 Å². The number of carbonyl (C=O) groups excluding carboxylic acids is 1. The van der Waals surface area contributed by atoms with Crippen LogP contribution >= 0.6 is 11.6 Å². The SMILES string of the molecule is CCOC(=O)[C@@H](C)OS(=O)(=O)CCl. The first-order valence-electron chi connectivity index (χ1n) is 3.56. The Morgan fingerprint density at radius 2 is 2.08 bits per heavy atom. The molecular weight excluding hydrogens is 220 g/mol. The third-order valence-corrected chi connectivity index (χ3v) is 2.69. The zero-order valence-electron chi connectivity index (χ0n) is 7.32. The molecule has 0 saturated heterocycles. The fourth-order valence-electron chi connectivity index (χ4n) is 0.545. The Balaban J connectivity index is 4.15. The highest BCUT2D eigenvalue weighted by atomic mass is 35.5. The summed E-state index contributed by atoms with van der Waals surface area (Å²) in [6.07, 6.45) is -1.15. The highest BCUT2D eigenvalue weighted by Gasteiger charge is 2.21. The average Bonchev–Trinajstić information content (AvgIpc) is 2.04. The maximum Gasteiger partial charge on any atom is 0.336 e. The molecular formula is C6H11ClO5S. The number of carbonyl (C=O) groups is 1. The van der Waals surface area contributed by atoms with Gasteiger partial charge in [0.25, 0.3) is 10.1 Å². The monoisotopic (exact) mass is 230 g/mol. The second-order valence-corrected chi connectivity index (χ2v) is 4.34. The molecule has 0 aliphatic heterocycles. The highest BCUT2D eigenvalue weighted by Crippen LogP contribution is 2.03. The van der Waals surface area contributed by atoms with Crippen molar-refractivity contribution < 1.29 is 22.1 Å². The van der Waals surface area contributed by atoms with Gasteiger partial charge in [-0.3, -0.25) is 4.18 Å². The number of hydrogen-bond donors (Lipinski definition) is 0. The van der Waals surface area contributed by atoms with E-state index in [0.29, 0.717) is 0 Å². The molecule has 0 bridgehead atoms. The topological polar surface area (TPSA) is 69.7 Å². The molecule has 1 atom stereocenters. The summed E-state index contributed by atoms with van der Waals surface area (Å²) in [5, 5.41) is -0.684. The predicted octanol–water partition coefficient (Wildman–Crippen LogP) is 0.481. The molecule has 0 radical (unpaired) electrons. The molecule has 0 aliphatic rings. The first-order valence-corrected chi connectivity index (χ1v) is 5.67. The van der Waals surface area contributed by atoms with Crippen molar-refractivity contribution in [3.63, 3.8) is 0 Å². The van der Waals surface area contributed by atoms with Gasteiger partial charge in [-0.15, -0.1) is 11.6 Å². The number of ether oxygens (including phenoxy) is 1. The van der Waals surface area contributed by atoms with Gasteiger partial charge in [0.1, 0.15) is 5.21 Å². The molecule has 0 aliphatic carbocycles. The normalized spacial score (nSPS) is 13.8. The van der Waals surface area contributed by atoms with E-state index in [1.165, 1.54) is 6.92 Å². The summed E-state index contributed by atoms with van der Waals surface area (Å²) in [4.78, 5) is 10.9.